The summed E-state index contributed by atoms with van der Waals surface area (Å²) in [5.74, 6) is 0.129. The SMILES string of the molecule is CC(COc1ccc2c(c1)C1(CCC(Nc3cccc(Cl)c3)(C(=O)O)CC1)C(C[C@@H](C)COc1ccnc3c1[C@H](C)CCC3)C2)CC(=O)N[C@H](Cc1ccccc1)C(=O)O. The number of hydrogen-bond donors (Lipinski definition) is 4. The van der Waals surface area contributed by atoms with Crippen LogP contribution in [0.2, 0.25) is 5.02 Å². The Balaban J connectivity index is 1.06. The summed E-state index contributed by atoms with van der Waals surface area (Å²) >= 11 is 6.31. The fourth-order valence-electron chi connectivity index (χ4n) is 10.1. The van der Waals surface area contributed by atoms with E-state index in [1.807, 2.05) is 67.7 Å². The molecule has 1 amide bonds. The lowest BCUT2D eigenvalue weighted by molar-refractivity contribution is -0.144. The highest BCUT2D eigenvalue weighted by Crippen LogP contribution is 2.57. The number of aryl methyl sites for hydroxylation is 1. The minimum Gasteiger partial charge on any atom is -0.493 e. The van der Waals surface area contributed by atoms with Crippen molar-refractivity contribution >= 4 is 35.1 Å². The molecule has 0 saturated heterocycles. The highest BCUT2D eigenvalue weighted by atomic mass is 35.5. The first-order valence-electron chi connectivity index (χ1n) is 21.5. The van der Waals surface area contributed by atoms with Crippen molar-refractivity contribution < 1.29 is 34.1 Å². The molecule has 11 heteroatoms. The largest absolute Gasteiger partial charge is 0.493 e. The van der Waals surface area contributed by atoms with E-state index in [2.05, 4.69) is 41.6 Å². The maximum absolute atomic E-state index is 13.1. The summed E-state index contributed by atoms with van der Waals surface area (Å²) in [4.78, 5) is 42.7. The summed E-state index contributed by atoms with van der Waals surface area (Å²) < 4.78 is 12.9. The Labute approximate surface area is 358 Å². The molecular formula is C49H58ClN3O7. The monoisotopic (exact) mass is 835 g/mol. The number of ether oxygens (including phenoxy) is 2. The number of halogens is 1. The van der Waals surface area contributed by atoms with Crippen molar-refractivity contribution in [3.63, 3.8) is 0 Å². The van der Waals surface area contributed by atoms with Crippen molar-refractivity contribution in [2.24, 2.45) is 17.8 Å². The zero-order chi connectivity index (χ0) is 42.4. The fourth-order valence-corrected chi connectivity index (χ4v) is 10.3. The predicted molar refractivity (Wildman–Crippen MR) is 233 cm³/mol. The number of rotatable bonds is 17. The maximum Gasteiger partial charge on any atom is 0.329 e. The van der Waals surface area contributed by atoms with E-state index in [1.165, 1.54) is 16.7 Å². The Morgan fingerprint density at radius 1 is 0.917 bits per heavy atom. The van der Waals surface area contributed by atoms with Gasteiger partial charge in [0.25, 0.3) is 0 Å². The van der Waals surface area contributed by atoms with E-state index in [1.54, 1.807) is 12.1 Å². The topological polar surface area (TPSA) is 147 Å². The smallest absolute Gasteiger partial charge is 0.329 e. The molecule has 5 atom stereocenters. The first-order chi connectivity index (χ1) is 28.8. The molecule has 1 spiro atoms. The van der Waals surface area contributed by atoms with Gasteiger partial charge in [0, 0.05) is 41.0 Å². The molecule has 4 N–H and O–H groups in total. The Bertz CT molecular complexity index is 2150. The third-order valence-corrected chi connectivity index (χ3v) is 13.5. The number of nitrogens with zero attached hydrogens (tertiary/aromatic N) is 1. The number of pyridine rings is 1. The number of benzene rings is 3. The molecule has 2 unspecified atom stereocenters. The molecule has 3 aliphatic carbocycles. The van der Waals surface area contributed by atoms with Crippen LogP contribution in [0.1, 0.15) is 106 Å². The lowest BCUT2D eigenvalue weighted by atomic mass is 9.59. The summed E-state index contributed by atoms with van der Waals surface area (Å²) in [6.07, 6.45) is 9.51. The molecule has 60 heavy (non-hydrogen) atoms. The molecule has 0 radical (unpaired) electrons. The standard InChI is InChI=1S/C49H58ClN3O7/c1-31(30-60-43-17-22-51-41-14-7-9-33(3)45(41)43)23-36-26-35-15-16-39(59-29-32(2)24-44(54)52-42(46(55)56)25-34-10-5-4-6-11-34)28-40(35)48(36)18-20-49(21-19-48,47(57)58)53-38-13-8-12-37(50)27-38/h4-6,8,10-13,15-17,22,27-28,31-33,36,42,53H,7,9,14,18-21,23-26,29-30H2,1-3H3,(H,52,54)(H,55,56)(H,57,58)/t31-,32?,33-,36?,42-,48?,49?/m1/s1. The van der Waals surface area contributed by atoms with Gasteiger partial charge in [-0.3, -0.25) is 9.78 Å². The van der Waals surface area contributed by atoms with Crippen molar-refractivity contribution in [1.29, 1.82) is 0 Å². The summed E-state index contributed by atoms with van der Waals surface area (Å²) in [5, 5.41) is 27.1. The second-order valence-electron chi connectivity index (χ2n) is 17.8. The zero-order valence-electron chi connectivity index (χ0n) is 34.9. The highest BCUT2D eigenvalue weighted by molar-refractivity contribution is 6.30. The Morgan fingerprint density at radius 3 is 2.42 bits per heavy atom. The Kier molecular flexibility index (Phi) is 13.4. The van der Waals surface area contributed by atoms with Gasteiger partial charge in [-0.1, -0.05) is 74.8 Å². The van der Waals surface area contributed by atoms with E-state index in [0.29, 0.717) is 54.7 Å². The molecule has 3 aromatic carbocycles. The van der Waals surface area contributed by atoms with Gasteiger partial charge < -0.3 is 30.3 Å². The van der Waals surface area contributed by atoms with Gasteiger partial charge >= 0.3 is 11.9 Å². The first kappa shape index (κ1) is 43.0. The summed E-state index contributed by atoms with van der Waals surface area (Å²) in [6, 6.07) is 23.8. The van der Waals surface area contributed by atoms with Crippen molar-refractivity contribution in [1.82, 2.24) is 10.3 Å². The van der Waals surface area contributed by atoms with Crippen molar-refractivity contribution in [3.05, 3.63) is 118 Å². The van der Waals surface area contributed by atoms with Gasteiger partial charge in [-0.05, 0) is 140 Å². The second-order valence-corrected chi connectivity index (χ2v) is 18.2. The van der Waals surface area contributed by atoms with E-state index in [9.17, 15) is 24.6 Å². The van der Waals surface area contributed by atoms with Crippen LogP contribution in [0.4, 0.5) is 5.69 Å². The summed E-state index contributed by atoms with van der Waals surface area (Å²) in [5.41, 5.74) is 5.00. The molecule has 4 aromatic rings. The van der Waals surface area contributed by atoms with E-state index in [0.717, 1.165) is 49.1 Å². The van der Waals surface area contributed by atoms with E-state index in [-0.39, 0.29) is 48.5 Å². The van der Waals surface area contributed by atoms with Gasteiger partial charge in [-0.2, -0.15) is 0 Å². The van der Waals surface area contributed by atoms with Crippen LogP contribution in [-0.4, -0.2) is 57.8 Å². The molecule has 3 aliphatic rings. The van der Waals surface area contributed by atoms with E-state index in [4.69, 9.17) is 21.1 Å². The van der Waals surface area contributed by atoms with Crippen molar-refractivity contribution in [2.45, 2.75) is 114 Å². The number of carboxylic acids is 2. The molecule has 318 valence electrons. The normalized spacial score (nSPS) is 23.4. The second kappa shape index (κ2) is 18.7. The lowest BCUT2D eigenvalue weighted by Crippen LogP contribution is -2.53. The number of aliphatic carboxylic acids is 2. The van der Waals surface area contributed by atoms with Crippen LogP contribution in [0.15, 0.2) is 85.1 Å². The van der Waals surface area contributed by atoms with Gasteiger partial charge in [0.15, 0.2) is 0 Å². The Hall–Kier alpha value is -5.09. The number of fused-ring (bicyclic) bond motifs is 3. The summed E-state index contributed by atoms with van der Waals surface area (Å²) in [6.45, 7) is 7.29. The van der Waals surface area contributed by atoms with Gasteiger partial charge in [0.05, 0.1) is 13.2 Å². The average molecular weight is 836 g/mol. The minimum absolute atomic E-state index is 0.119. The fraction of sp³-hybridized carbons (Fsp3) is 0.469. The molecule has 1 aromatic heterocycles. The molecular weight excluding hydrogens is 778 g/mol. The molecule has 1 fully saturated rings. The van der Waals surface area contributed by atoms with Crippen LogP contribution in [0.25, 0.3) is 0 Å². The number of carbonyl (C=O) groups is 3. The lowest BCUT2D eigenvalue weighted by Gasteiger charge is -2.47. The third kappa shape index (κ3) is 9.75. The van der Waals surface area contributed by atoms with Crippen LogP contribution < -0.4 is 20.1 Å². The van der Waals surface area contributed by atoms with Gasteiger partial charge in [0.1, 0.15) is 23.1 Å². The number of nitrogens with one attached hydrogen (secondary N) is 2. The van der Waals surface area contributed by atoms with Gasteiger partial charge in [0.2, 0.25) is 5.91 Å². The number of anilines is 1. The Morgan fingerprint density at radius 2 is 1.68 bits per heavy atom. The number of amides is 1. The number of hydrogen-bond acceptors (Lipinski definition) is 7. The van der Waals surface area contributed by atoms with Crippen LogP contribution in [0, 0.1) is 17.8 Å². The predicted octanol–water partition coefficient (Wildman–Crippen LogP) is 9.42. The van der Waals surface area contributed by atoms with E-state index < -0.39 is 23.5 Å². The van der Waals surface area contributed by atoms with Crippen LogP contribution >= 0.6 is 11.6 Å². The zero-order valence-corrected chi connectivity index (χ0v) is 35.7. The van der Waals surface area contributed by atoms with Crippen molar-refractivity contribution in [2.75, 3.05) is 18.5 Å². The van der Waals surface area contributed by atoms with Crippen LogP contribution in [0.5, 0.6) is 11.5 Å². The highest BCUT2D eigenvalue weighted by Gasteiger charge is 2.54. The molecule has 0 bridgehead atoms. The quantitative estimate of drug-likeness (QED) is 0.0817. The number of aromatic nitrogens is 1. The minimum atomic E-state index is -1.14. The van der Waals surface area contributed by atoms with Crippen LogP contribution in [0.3, 0.4) is 0 Å². The molecule has 1 saturated carbocycles. The first-order valence-corrected chi connectivity index (χ1v) is 21.9. The molecule has 10 nitrogen and oxygen atoms in total. The summed E-state index contributed by atoms with van der Waals surface area (Å²) in [7, 11) is 0. The maximum atomic E-state index is 13.1. The van der Waals surface area contributed by atoms with Gasteiger partial charge in [-0.15, -0.1) is 0 Å². The van der Waals surface area contributed by atoms with E-state index >= 15 is 0 Å². The van der Waals surface area contributed by atoms with Gasteiger partial charge in [-0.25, -0.2) is 9.59 Å². The number of carboxylic acid groups (broad SMARTS) is 2. The molecule has 7 rings (SSSR count). The van der Waals surface area contributed by atoms with Crippen molar-refractivity contribution in [3.8, 4) is 11.5 Å². The van der Waals surface area contributed by atoms with Crippen LogP contribution in [-0.2, 0) is 39.1 Å². The molecule has 0 aliphatic heterocycles. The average Bonchev–Trinajstić information content (AvgIpc) is 3.51. The molecule has 1 heterocycles. The third-order valence-electron chi connectivity index (χ3n) is 13.2. The number of carbonyl (C=O) groups excluding carboxylic acids is 1.